The van der Waals surface area contributed by atoms with Crippen molar-refractivity contribution in [2.24, 2.45) is 0 Å². The molecule has 1 aliphatic heterocycles. The Morgan fingerprint density at radius 1 is 1.17 bits per heavy atom. The van der Waals surface area contributed by atoms with Crippen molar-refractivity contribution in [2.45, 2.75) is 31.3 Å². The van der Waals surface area contributed by atoms with E-state index >= 15 is 0 Å². The van der Waals surface area contributed by atoms with Crippen molar-refractivity contribution in [2.75, 3.05) is 11.9 Å². The van der Waals surface area contributed by atoms with Crippen LogP contribution in [-0.2, 0) is 16.2 Å². The van der Waals surface area contributed by atoms with Gasteiger partial charge < -0.3 is 15.3 Å². The minimum Gasteiger partial charge on any atom is -0.392 e. The highest BCUT2D eigenvalue weighted by molar-refractivity contribution is 7.19. The van der Waals surface area contributed by atoms with Gasteiger partial charge in [0.2, 0.25) is 0 Å². The molecular formula is C28H21F3N6O3S. The Balaban J connectivity index is 1.20. The fourth-order valence-corrected chi connectivity index (χ4v) is 5.39. The Bertz CT molecular complexity index is 1790. The summed E-state index contributed by atoms with van der Waals surface area (Å²) in [6.07, 6.45) is -2.83. The molecule has 5 aromatic rings. The summed E-state index contributed by atoms with van der Waals surface area (Å²) in [7, 11) is 0. The van der Waals surface area contributed by atoms with Crippen LogP contribution >= 0.6 is 11.3 Å². The van der Waals surface area contributed by atoms with Gasteiger partial charge in [-0.05, 0) is 29.8 Å². The molecule has 2 atom stereocenters. The molecule has 0 saturated carbocycles. The number of carbonyl (C=O) groups is 1. The largest absolute Gasteiger partial charge is 0.492 e. The van der Waals surface area contributed by atoms with Crippen LogP contribution < -0.4 is 5.32 Å². The van der Waals surface area contributed by atoms with Gasteiger partial charge in [-0.2, -0.15) is 18.3 Å². The molecule has 3 aromatic heterocycles. The number of benzene rings is 2. The van der Waals surface area contributed by atoms with E-state index in [9.17, 15) is 23.1 Å². The topological polar surface area (TPSA) is 105 Å². The maximum Gasteiger partial charge on any atom is 0.492 e. The SMILES string of the molecule is O=C(ON1C[C@H](O)C[C@H]1C#Cc1cc2c(Nc3ccc4c(cnn4Cc4ccccc4)c3)ncnc2s1)C(F)(F)F. The number of nitrogens with zero attached hydrogens (tertiary/aromatic N) is 5. The van der Waals surface area contributed by atoms with E-state index in [1.54, 1.807) is 6.07 Å². The molecule has 0 aliphatic carbocycles. The van der Waals surface area contributed by atoms with Crippen molar-refractivity contribution in [3.05, 3.63) is 77.6 Å². The minimum absolute atomic E-state index is 0.0417. The second-order valence-electron chi connectivity index (χ2n) is 9.39. The maximum atomic E-state index is 12.6. The van der Waals surface area contributed by atoms with E-state index < -0.39 is 24.3 Å². The molecule has 1 fully saturated rings. The third-order valence-corrected chi connectivity index (χ3v) is 7.39. The summed E-state index contributed by atoms with van der Waals surface area (Å²) in [5.74, 6) is 3.93. The van der Waals surface area contributed by atoms with E-state index in [-0.39, 0.29) is 13.0 Å². The van der Waals surface area contributed by atoms with Gasteiger partial charge in [-0.1, -0.05) is 42.2 Å². The molecule has 41 heavy (non-hydrogen) atoms. The van der Waals surface area contributed by atoms with Crippen LogP contribution in [0.25, 0.3) is 21.1 Å². The van der Waals surface area contributed by atoms with Crippen LogP contribution in [0.4, 0.5) is 24.7 Å². The molecule has 1 saturated heterocycles. The van der Waals surface area contributed by atoms with E-state index in [2.05, 4.69) is 49.2 Å². The fourth-order valence-electron chi connectivity index (χ4n) is 4.53. The standard InChI is InChI=1S/C28H21F3N6O3S/c29-28(30,31)27(39)40-37-15-21(38)11-20(37)7-8-22-12-23-25(32-16-33-26(23)41-22)35-19-6-9-24-18(10-19)13-34-36(24)14-17-4-2-1-3-5-17/h1-6,9-10,12-13,16,20-21,38H,11,14-15H2,(H,32,33,35)/t20-,21-/m1/s1. The van der Waals surface area contributed by atoms with Gasteiger partial charge in [0, 0.05) is 17.5 Å². The van der Waals surface area contributed by atoms with Crippen LogP contribution in [0.2, 0.25) is 0 Å². The zero-order chi connectivity index (χ0) is 28.6. The average Bonchev–Trinajstić information content (AvgIpc) is 3.64. The maximum absolute atomic E-state index is 12.6. The lowest BCUT2D eigenvalue weighted by Crippen LogP contribution is -2.37. The number of hydrogen-bond donors (Lipinski definition) is 2. The van der Waals surface area contributed by atoms with Crippen LogP contribution in [0.3, 0.4) is 0 Å². The van der Waals surface area contributed by atoms with E-state index in [4.69, 9.17) is 0 Å². The number of fused-ring (bicyclic) bond motifs is 2. The molecule has 0 spiro atoms. The molecule has 2 aromatic carbocycles. The molecule has 1 aliphatic rings. The number of aromatic nitrogens is 4. The normalized spacial score (nSPS) is 17.5. The molecule has 13 heteroatoms. The lowest BCUT2D eigenvalue weighted by Gasteiger charge is -2.19. The van der Waals surface area contributed by atoms with Crippen LogP contribution in [0.15, 0.2) is 67.1 Å². The quantitative estimate of drug-likeness (QED) is 0.291. The predicted molar refractivity (Wildman–Crippen MR) is 146 cm³/mol. The molecular weight excluding hydrogens is 557 g/mol. The summed E-state index contributed by atoms with van der Waals surface area (Å²) in [5, 5.41) is 20.2. The van der Waals surface area contributed by atoms with Gasteiger partial charge in [0.15, 0.2) is 0 Å². The molecule has 2 N–H and O–H groups in total. The highest BCUT2D eigenvalue weighted by Crippen LogP contribution is 2.31. The highest BCUT2D eigenvalue weighted by Gasteiger charge is 2.45. The minimum atomic E-state index is -5.15. The lowest BCUT2D eigenvalue weighted by atomic mass is 10.2. The van der Waals surface area contributed by atoms with Gasteiger partial charge in [0.05, 0.1) is 41.2 Å². The molecule has 0 radical (unpaired) electrons. The second kappa shape index (κ2) is 10.8. The van der Waals surface area contributed by atoms with Crippen molar-refractivity contribution in [3.63, 3.8) is 0 Å². The Morgan fingerprint density at radius 3 is 2.80 bits per heavy atom. The summed E-state index contributed by atoms with van der Waals surface area (Å²) in [5.41, 5.74) is 2.95. The molecule has 9 nitrogen and oxygen atoms in total. The van der Waals surface area contributed by atoms with Crippen molar-refractivity contribution in [3.8, 4) is 11.8 Å². The molecule has 6 rings (SSSR count). The number of halogens is 3. The number of anilines is 2. The van der Waals surface area contributed by atoms with E-state index in [1.807, 2.05) is 47.3 Å². The number of carbonyl (C=O) groups excluding carboxylic acids is 1. The number of hydroxylamine groups is 2. The number of hydrogen-bond acceptors (Lipinski definition) is 9. The monoisotopic (exact) mass is 578 g/mol. The molecule has 0 unspecified atom stereocenters. The molecule has 0 amide bonds. The Hall–Kier alpha value is -4.51. The zero-order valence-electron chi connectivity index (χ0n) is 21.2. The van der Waals surface area contributed by atoms with E-state index in [0.29, 0.717) is 27.5 Å². The number of β-amino-alcohol motifs (C(OH)–C–C–N with tert-alkyl or cyclic N) is 1. The Labute approximate surface area is 235 Å². The number of rotatable bonds is 5. The van der Waals surface area contributed by atoms with Crippen molar-refractivity contribution in [1.29, 1.82) is 0 Å². The summed E-state index contributed by atoms with van der Waals surface area (Å²) in [4.78, 5) is 25.6. The first-order valence-electron chi connectivity index (χ1n) is 12.5. The molecule has 4 heterocycles. The van der Waals surface area contributed by atoms with E-state index in [0.717, 1.165) is 27.2 Å². The average molecular weight is 579 g/mol. The van der Waals surface area contributed by atoms with Crippen LogP contribution in [-0.4, -0.2) is 60.8 Å². The number of nitrogens with one attached hydrogen (secondary N) is 1. The third-order valence-electron chi connectivity index (χ3n) is 6.44. The van der Waals surface area contributed by atoms with Crippen molar-refractivity contribution < 1.29 is 27.9 Å². The smallest absolute Gasteiger partial charge is 0.392 e. The summed E-state index contributed by atoms with van der Waals surface area (Å²) >= 11 is 1.29. The first-order chi connectivity index (χ1) is 19.7. The van der Waals surface area contributed by atoms with Crippen molar-refractivity contribution in [1.82, 2.24) is 24.8 Å². The zero-order valence-corrected chi connectivity index (χ0v) is 22.0. The van der Waals surface area contributed by atoms with Gasteiger partial charge >= 0.3 is 12.1 Å². The lowest BCUT2D eigenvalue weighted by molar-refractivity contribution is -0.239. The van der Waals surface area contributed by atoms with Gasteiger partial charge in [0.25, 0.3) is 0 Å². The van der Waals surface area contributed by atoms with Crippen molar-refractivity contribution >= 4 is 49.9 Å². The fraction of sp³-hybridized carbons (Fsp3) is 0.214. The van der Waals surface area contributed by atoms with Crippen LogP contribution in [0, 0.1) is 11.8 Å². The number of alkyl halides is 3. The number of aliphatic hydroxyl groups is 1. The highest BCUT2D eigenvalue weighted by atomic mass is 32.1. The van der Waals surface area contributed by atoms with Crippen LogP contribution in [0.5, 0.6) is 0 Å². The Morgan fingerprint density at radius 2 is 2.00 bits per heavy atom. The van der Waals surface area contributed by atoms with Gasteiger partial charge in [-0.15, -0.1) is 16.4 Å². The first kappa shape index (κ1) is 26.7. The predicted octanol–water partition coefficient (Wildman–Crippen LogP) is 4.64. The summed E-state index contributed by atoms with van der Waals surface area (Å²) in [6, 6.07) is 16.9. The van der Waals surface area contributed by atoms with Crippen LogP contribution in [0.1, 0.15) is 16.9 Å². The van der Waals surface area contributed by atoms with Gasteiger partial charge in [-0.25, -0.2) is 14.8 Å². The molecule has 208 valence electrons. The van der Waals surface area contributed by atoms with Gasteiger partial charge in [-0.3, -0.25) is 4.68 Å². The number of thiophene rings is 1. The summed E-state index contributed by atoms with van der Waals surface area (Å²) in [6.45, 7) is 0.396. The molecule has 0 bridgehead atoms. The number of aliphatic hydroxyl groups excluding tert-OH is 1. The second-order valence-corrected chi connectivity index (χ2v) is 10.4. The first-order valence-corrected chi connectivity index (χ1v) is 13.3. The third kappa shape index (κ3) is 5.85. The van der Waals surface area contributed by atoms with Gasteiger partial charge in [0.1, 0.15) is 23.0 Å². The summed E-state index contributed by atoms with van der Waals surface area (Å²) < 4.78 is 39.8. The van der Waals surface area contributed by atoms with E-state index in [1.165, 1.54) is 17.7 Å². The Kier molecular flexibility index (Phi) is 7.04.